The van der Waals surface area contributed by atoms with Crippen LogP contribution in [0.25, 0.3) is 0 Å². The first-order chi connectivity index (χ1) is 32.6. The van der Waals surface area contributed by atoms with E-state index in [9.17, 15) is 53.1 Å². The Morgan fingerprint density at radius 3 is 1.34 bits per heavy atom. The predicted octanol–water partition coefficient (Wildman–Crippen LogP) is -6.23. The second kappa shape index (κ2) is 32.8. The number of rotatable bonds is 33. The van der Waals surface area contributed by atoms with Crippen molar-refractivity contribution < 1.29 is 58.2 Å². The van der Waals surface area contributed by atoms with Gasteiger partial charge in [-0.05, 0) is 55.8 Å². The summed E-state index contributed by atoms with van der Waals surface area (Å²) in [7, 11) is 0. The van der Waals surface area contributed by atoms with Crippen molar-refractivity contribution in [2.75, 3.05) is 39.3 Å². The number of carboxylic acids is 1. The van der Waals surface area contributed by atoms with Gasteiger partial charge in [0, 0.05) is 13.1 Å². The fraction of sp³-hybridized carbons (Fsp3) is 0.714. The Morgan fingerprint density at radius 2 is 0.871 bits per heavy atom. The van der Waals surface area contributed by atoms with Crippen molar-refractivity contribution in [3.05, 3.63) is 0 Å². The number of aliphatic hydroxyl groups excluding tert-OH is 1. The van der Waals surface area contributed by atoms with Crippen molar-refractivity contribution >= 4 is 71.1 Å². The van der Waals surface area contributed by atoms with Crippen LogP contribution < -0.4 is 76.5 Å². The molecule has 21 N–H and O–H groups in total. The fourth-order valence-corrected chi connectivity index (χ4v) is 6.27. The van der Waals surface area contributed by atoms with E-state index in [1.54, 1.807) is 41.5 Å². The zero-order valence-corrected chi connectivity index (χ0v) is 41.4. The molecule has 0 aliphatic rings. The maximum absolute atomic E-state index is 13.9. The van der Waals surface area contributed by atoms with Crippen molar-refractivity contribution in [2.45, 2.75) is 130 Å². The van der Waals surface area contributed by atoms with E-state index in [1.165, 1.54) is 0 Å². The minimum atomic E-state index is -1.64. The second-order valence-electron chi connectivity index (χ2n) is 17.9. The van der Waals surface area contributed by atoms with E-state index >= 15 is 0 Å². The SMILES string of the molecule is CC(C)C[C@H](N)C(=O)N[C@H](C(=O)NCC(=O)NCC(=O)N[C@H](C(=O)N[C@H](C(=O)N[C@@H](CCCN=C(N)N)C(=O)N[C@@H](CCCN=C(N)N)C(=O)NCC(=O)N[C@@H](CO)C(=O)O)C(C)C)C(C)C)C(C)C. The molecule has 0 saturated heterocycles. The van der Waals surface area contributed by atoms with E-state index in [0.29, 0.717) is 6.42 Å². The monoisotopic (exact) mass is 999 g/mol. The van der Waals surface area contributed by atoms with Crippen LogP contribution in [0.2, 0.25) is 0 Å². The van der Waals surface area contributed by atoms with Crippen molar-refractivity contribution in [1.82, 2.24) is 47.9 Å². The highest BCUT2D eigenvalue weighted by Crippen LogP contribution is 2.10. The van der Waals surface area contributed by atoms with Crippen LogP contribution in [0.3, 0.4) is 0 Å². The lowest BCUT2D eigenvalue weighted by atomic mass is 9.99. The third-order valence-electron chi connectivity index (χ3n) is 10.1. The van der Waals surface area contributed by atoms with Gasteiger partial charge < -0.3 is 86.7 Å². The van der Waals surface area contributed by atoms with Crippen LogP contribution in [0.1, 0.15) is 87.5 Å². The van der Waals surface area contributed by atoms with Crippen LogP contribution in [0.5, 0.6) is 0 Å². The number of hydrogen-bond donors (Lipinski definition) is 16. The Bertz CT molecular complexity index is 1840. The number of carbonyl (C=O) groups is 10. The first-order valence-electron chi connectivity index (χ1n) is 22.9. The highest BCUT2D eigenvalue weighted by Gasteiger charge is 2.34. The molecule has 0 spiro atoms. The molecule has 7 atom stereocenters. The van der Waals surface area contributed by atoms with Gasteiger partial charge in [0.05, 0.1) is 32.3 Å². The molecule has 0 aliphatic heterocycles. The van der Waals surface area contributed by atoms with E-state index in [4.69, 9.17) is 33.8 Å². The van der Waals surface area contributed by atoms with Gasteiger partial charge >= 0.3 is 5.97 Å². The maximum atomic E-state index is 13.9. The molecular formula is C42H78N16O12. The number of nitrogens with zero attached hydrogens (tertiary/aromatic N) is 2. The predicted molar refractivity (Wildman–Crippen MR) is 257 cm³/mol. The van der Waals surface area contributed by atoms with Crippen LogP contribution in [0.4, 0.5) is 0 Å². The molecule has 0 unspecified atom stereocenters. The summed E-state index contributed by atoms with van der Waals surface area (Å²) in [6.07, 6.45) is 0.517. The summed E-state index contributed by atoms with van der Waals surface area (Å²) in [5.41, 5.74) is 27.6. The summed E-state index contributed by atoms with van der Waals surface area (Å²) in [6.45, 7) is 11.0. The molecule has 0 fully saturated rings. The number of aliphatic carboxylic acids is 1. The summed E-state index contributed by atoms with van der Waals surface area (Å²) in [4.78, 5) is 137. The number of aliphatic hydroxyl groups is 1. The Morgan fingerprint density at radius 1 is 0.471 bits per heavy atom. The van der Waals surface area contributed by atoms with Crippen LogP contribution in [0.15, 0.2) is 9.98 Å². The number of guanidine groups is 2. The second-order valence-corrected chi connectivity index (χ2v) is 17.9. The van der Waals surface area contributed by atoms with Crippen molar-refractivity contribution in [1.29, 1.82) is 0 Å². The average molecular weight is 999 g/mol. The average Bonchev–Trinajstić information content (AvgIpc) is 3.26. The van der Waals surface area contributed by atoms with Gasteiger partial charge in [-0.1, -0.05) is 55.4 Å². The van der Waals surface area contributed by atoms with Gasteiger partial charge in [0.2, 0.25) is 53.2 Å². The smallest absolute Gasteiger partial charge is 0.328 e. The number of hydrogen-bond acceptors (Lipinski definition) is 14. The van der Waals surface area contributed by atoms with Crippen LogP contribution in [-0.4, -0.2) is 163 Å². The topological polar surface area (TPSA) is 474 Å². The van der Waals surface area contributed by atoms with Crippen LogP contribution in [0, 0.1) is 23.7 Å². The molecule has 0 aromatic carbocycles. The summed E-state index contributed by atoms with van der Waals surface area (Å²) < 4.78 is 0. The number of nitrogens with two attached hydrogens (primary N) is 5. The first kappa shape index (κ1) is 63.2. The van der Waals surface area contributed by atoms with E-state index < -0.39 is 140 Å². The minimum absolute atomic E-state index is 0.0341. The molecule has 0 heterocycles. The summed E-state index contributed by atoms with van der Waals surface area (Å²) in [5.74, 6) is -10.3. The summed E-state index contributed by atoms with van der Waals surface area (Å²) in [5, 5.41) is 40.4. The molecule has 0 bridgehead atoms. The number of carboxylic acid groups (broad SMARTS) is 1. The summed E-state index contributed by atoms with van der Waals surface area (Å²) >= 11 is 0. The zero-order chi connectivity index (χ0) is 53.8. The third-order valence-corrected chi connectivity index (χ3v) is 10.1. The normalized spacial score (nSPS) is 14.0. The van der Waals surface area contributed by atoms with Crippen LogP contribution in [-0.2, 0) is 47.9 Å². The van der Waals surface area contributed by atoms with Crippen molar-refractivity contribution in [3.63, 3.8) is 0 Å². The van der Waals surface area contributed by atoms with E-state index in [1.807, 2.05) is 19.2 Å². The molecule has 28 heteroatoms. The molecule has 0 aromatic rings. The Labute approximate surface area is 407 Å². The first-order valence-corrected chi connectivity index (χ1v) is 22.9. The molecule has 0 aromatic heterocycles. The van der Waals surface area contributed by atoms with Gasteiger partial charge in [0.25, 0.3) is 0 Å². The van der Waals surface area contributed by atoms with Gasteiger partial charge in [0.1, 0.15) is 36.3 Å². The minimum Gasteiger partial charge on any atom is -0.480 e. The van der Waals surface area contributed by atoms with Crippen molar-refractivity contribution in [2.24, 2.45) is 62.3 Å². The standard InChI is InChI=1S/C42H78N16O12/c1-20(2)15-24(43)34(63)57-31(21(3)4)37(66)52-16-28(60)50-17-30(62)56-32(22(5)6)39(68)58-33(23(7)8)38(67)55-26(12-10-14-49-42(46)47)36(65)54-25(11-9-13-48-41(44)45)35(64)51-18-29(61)53-27(19-59)40(69)70/h20-27,31-33,59H,9-19,43H2,1-8H3,(H,50,60)(H,51,64)(H,52,66)(H,53,61)(H,54,65)(H,55,67)(H,56,62)(H,57,63)(H,58,68)(H,69,70)(H4,44,45,48)(H4,46,47,49)/t24-,25-,26-,27-,31-,32-,33-/m0/s1. The highest BCUT2D eigenvalue weighted by molar-refractivity contribution is 5.97. The van der Waals surface area contributed by atoms with E-state index in [0.717, 1.165) is 0 Å². The lowest BCUT2D eigenvalue weighted by Gasteiger charge is -2.29. The Hall–Kier alpha value is -6.84. The largest absolute Gasteiger partial charge is 0.480 e. The molecular weight excluding hydrogens is 921 g/mol. The number of nitrogens with one attached hydrogen (secondary N) is 9. The quantitative estimate of drug-likeness (QED) is 0.0165. The van der Waals surface area contributed by atoms with Gasteiger partial charge in [-0.15, -0.1) is 0 Å². The van der Waals surface area contributed by atoms with Gasteiger partial charge in [-0.25, -0.2) is 4.79 Å². The van der Waals surface area contributed by atoms with Crippen molar-refractivity contribution in [3.8, 4) is 0 Å². The highest BCUT2D eigenvalue weighted by atomic mass is 16.4. The van der Waals surface area contributed by atoms with Gasteiger partial charge in [0.15, 0.2) is 11.9 Å². The number of aliphatic imine (C=N–C) groups is 2. The molecule has 28 nitrogen and oxygen atoms in total. The van der Waals surface area contributed by atoms with Crippen LogP contribution >= 0.6 is 0 Å². The molecule has 70 heavy (non-hydrogen) atoms. The number of amides is 9. The Kier molecular flexibility index (Phi) is 29.6. The Balaban J connectivity index is 6.03. The lowest BCUT2D eigenvalue weighted by Crippen LogP contribution is -2.60. The maximum Gasteiger partial charge on any atom is 0.328 e. The van der Waals surface area contributed by atoms with E-state index in [2.05, 4.69) is 52.5 Å². The third kappa shape index (κ3) is 26.1. The van der Waals surface area contributed by atoms with Gasteiger partial charge in [-0.2, -0.15) is 0 Å². The molecule has 0 rings (SSSR count). The molecule has 398 valence electrons. The fourth-order valence-electron chi connectivity index (χ4n) is 6.27. The molecule has 0 aliphatic carbocycles. The van der Waals surface area contributed by atoms with E-state index in [-0.39, 0.29) is 62.5 Å². The molecule has 0 saturated carbocycles. The number of carbonyl (C=O) groups excluding carboxylic acids is 9. The summed E-state index contributed by atoms with van der Waals surface area (Å²) in [6, 6.07) is -8.70. The van der Waals surface area contributed by atoms with Gasteiger partial charge in [-0.3, -0.25) is 53.1 Å². The lowest BCUT2D eigenvalue weighted by molar-refractivity contribution is -0.143. The zero-order valence-electron chi connectivity index (χ0n) is 41.4. The molecule has 0 radical (unpaired) electrons. The molecule has 9 amide bonds.